The second-order valence-electron chi connectivity index (χ2n) is 4.89. The lowest BCUT2D eigenvalue weighted by Gasteiger charge is -2.35. The third-order valence-corrected chi connectivity index (χ3v) is 2.09. The minimum atomic E-state index is -2.12. The fraction of sp³-hybridized carbons (Fsp3) is 0.636. The highest BCUT2D eigenvalue weighted by Crippen LogP contribution is 2.25. The van der Waals surface area contributed by atoms with Crippen LogP contribution in [0.4, 0.5) is 0 Å². The Bertz CT molecular complexity index is 303. The predicted octanol–water partition coefficient (Wildman–Crippen LogP) is 2.38. The van der Waals surface area contributed by atoms with Crippen LogP contribution >= 0.6 is 0 Å². The number of rotatable bonds is 5. The number of hydrogen-bond acceptors (Lipinski definition) is 2. The molecule has 0 heterocycles. The van der Waals surface area contributed by atoms with E-state index < -0.39 is 16.9 Å². The van der Waals surface area contributed by atoms with Gasteiger partial charge in [0.1, 0.15) is 5.60 Å². The summed E-state index contributed by atoms with van der Waals surface area (Å²) in [6.45, 7) is 13.0. The molecule has 2 N–H and O–H groups in total. The smallest absolute Gasteiger partial charge is 0.258 e. The highest BCUT2D eigenvalue weighted by atomic mass is 32.2. The molecule has 5 heteroatoms. The van der Waals surface area contributed by atoms with E-state index in [9.17, 15) is 4.21 Å². The summed E-state index contributed by atoms with van der Waals surface area (Å²) in [7, 11) is 0. The third-order valence-electron chi connectivity index (χ3n) is 1.69. The van der Waals surface area contributed by atoms with Crippen molar-refractivity contribution < 1.29 is 13.5 Å². The van der Waals surface area contributed by atoms with Gasteiger partial charge in [-0.3, -0.25) is 9.27 Å². The Morgan fingerprint density at radius 3 is 2.19 bits per heavy atom. The van der Waals surface area contributed by atoms with Crippen molar-refractivity contribution in [1.82, 2.24) is 4.72 Å². The van der Waals surface area contributed by atoms with Crippen LogP contribution in [0.2, 0.25) is 0 Å². The first kappa shape index (κ1) is 15.3. The summed E-state index contributed by atoms with van der Waals surface area (Å²) in [5.41, 5.74) is -0.522. The highest BCUT2D eigenvalue weighted by Gasteiger charge is 2.30. The Kier molecular flexibility index (Phi) is 5.38. The standard InChI is InChI=1S/C11H21NO3S/c1-7-8-9(12-16(13)14)11(5,6)15-10(2,3)4/h7-8,12H,1H2,2-6H3,(H,13,14)/b9-8+. The van der Waals surface area contributed by atoms with E-state index in [2.05, 4.69) is 11.3 Å². The maximum Gasteiger partial charge on any atom is 0.258 e. The van der Waals surface area contributed by atoms with Gasteiger partial charge in [-0.25, -0.2) is 4.21 Å². The minimum Gasteiger partial charge on any atom is -0.364 e. The van der Waals surface area contributed by atoms with E-state index in [-0.39, 0.29) is 5.60 Å². The normalized spacial score (nSPS) is 15.8. The highest BCUT2D eigenvalue weighted by molar-refractivity contribution is 7.77. The Morgan fingerprint density at radius 1 is 1.38 bits per heavy atom. The molecule has 0 aromatic rings. The van der Waals surface area contributed by atoms with E-state index in [1.165, 1.54) is 0 Å². The number of allylic oxidation sites excluding steroid dienone is 2. The molecule has 4 nitrogen and oxygen atoms in total. The summed E-state index contributed by atoms with van der Waals surface area (Å²) in [6, 6.07) is 0. The monoisotopic (exact) mass is 247 g/mol. The Labute approximate surface area is 100 Å². The Morgan fingerprint density at radius 2 is 1.88 bits per heavy atom. The molecule has 1 atom stereocenters. The molecule has 0 aliphatic carbocycles. The van der Waals surface area contributed by atoms with Gasteiger partial charge in [0.05, 0.1) is 11.3 Å². The Balaban J connectivity index is 4.97. The topological polar surface area (TPSA) is 58.6 Å². The van der Waals surface area contributed by atoms with E-state index >= 15 is 0 Å². The molecule has 0 amide bonds. The van der Waals surface area contributed by atoms with Gasteiger partial charge in [0, 0.05) is 0 Å². The van der Waals surface area contributed by atoms with Crippen molar-refractivity contribution in [3.05, 3.63) is 24.4 Å². The molecule has 0 aromatic heterocycles. The summed E-state index contributed by atoms with van der Waals surface area (Å²) < 4.78 is 27.9. The van der Waals surface area contributed by atoms with E-state index in [4.69, 9.17) is 9.29 Å². The van der Waals surface area contributed by atoms with Gasteiger partial charge in [-0.2, -0.15) is 0 Å². The van der Waals surface area contributed by atoms with Crippen LogP contribution in [-0.2, 0) is 16.0 Å². The lowest BCUT2D eigenvalue weighted by molar-refractivity contribution is -0.0933. The van der Waals surface area contributed by atoms with Gasteiger partial charge in [0.25, 0.3) is 11.3 Å². The zero-order valence-electron chi connectivity index (χ0n) is 10.5. The van der Waals surface area contributed by atoms with Gasteiger partial charge in [-0.1, -0.05) is 12.7 Å². The van der Waals surface area contributed by atoms with Crippen molar-refractivity contribution in [2.75, 3.05) is 0 Å². The van der Waals surface area contributed by atoms with Crippen LogP contribution in [0.1, 0.15) is 34.6 Å². The van der Waals surface area contributed by atoms with Crippen LogP contribution in [-0.4, -0.2) is 20.0 Å². The van der Waals surface area contributed by atoms with E-state index in [1.807, 2.05) is 34.6 Å². The third kappa shape index (κ3) is 6.05. The van der Waals surface area contributed by atoms with E-state index in [1.54, 1.807) is 12.2 Å². The van der Waals surface area contributed by atoms with Crippen molar-refractivity contribution in [2.24, 2.45) is 0 Å². The maximum absolute atomic E-state index is 10.8. The fourth-order valence-electron chi connectivity index (χ4n) is 1.39. The SMILES string of the molecule is C=C/C=C(/NS(=O)O)C(C)(C)OC(C)(C)C. The summed E-state index contributed by atoms with van der Waals surface area (Å²) in [5, 5.41) is 0. The molecule has 94 valence electrons. The van der Waals surface area contributed by atoms with Crippen LogP contribution < -0.4 is 4.72 Å². The average Bonchev–Trinajstić information content (AvgIpc) is 1.97. The zero-order chi connectivity index (χ0) is 13.0. The molecule has 0 saturated carbocycles. The second kappa shape index (κ2) is 5.61. The first-order chi connectivity index (χ1) is 7.08. The maximum atomic E-state index is 10.8. The lowest BCUT2D eigenvalue weighted by Crippen LogP contribution is -2.41. The first-order valence-electron chi connectivity index (χ1n) is 4.99. The fourth-order valence-corrected chi connectivity index (χ4v) is 1.89. The number of hydrogen-bond donors (Lipinski definition) is 2. The average molecular weight is 247 g/mol. The van der Waals surface area contributed by atoms with Crippen molar-refractivity contribution in [3.63, 3.8) is 0 Å². The molecule has 0 saturated heterocycles. The lowest BCUT2D eigenvalue weighted by atomic mass is 10.0. The van der Waals surface area contributed by atoms with Crippen molar-refractivity contribution in [3.8, 4) is 0 Å². The molecule has 0 aliphatic rings. The van der Waals surface area contributed by atoms with Gasteiger partial charge < -0.3 is 4.74 Å². The van der Waals surface area contributed by atoms with Crippen molar-refractivity contribution in [2.45, 2.75) is 45.8 Å². The number of ether oxygens (including phenoxy) is 1. The van der Waals surface area contributed by atoms with Gasteiger partial charge in [0.15, 0.2) is 0 Å². The second-order valence-corrected chi connectivity index (χ2v) is 5.59. The molecule has 0 aromatic carbocycles. The van der Waals surface area contributed by atoms with Crippen LogP contribution in [0.5, 0.6) is 0 Å². The van der Waals surface area contributed by atoms with E-state index in [0.29, 0.717) is 5.70 Å². The van der Waals surface area contributed by atoms with Crippen molar-refractivity contribution in [1.29, 1.82) is 0 Å². The molecule has 0 bridgehead atoms. The zero-order valence-corrected chi connectivity index (χ0v) is 11.4. The summed E-state index contributed by atoms with van der Waals surface area (Å²) in [5.74, 6) is 0. The van der Waals surface area contributed by atoms with Crippen LogP contribution in [0, 0.1) is 0 Å². The summed E-state index contributed by atoms with van der Waals surface area (Å²) in [4.78, 5) is 0. The molecule has 0 fully saturated rings. The summed E-state index contributed by atoms with van der Waals surface area (Å²) in [6.07, 6.45) is 3.17. The van der Waals surface area contributed by atoms with Gasteiger partial charge in [-0.05, 0) is 40.7 Å². The molecule has 16 heavy (non-hydrogen) atoms. The largest absolute Gasteiger partial charge is 0.364 e. The molecule has 0 rings (SSSR count). The van der Waals surface area contributed by atoms with E-state index in [0.717, 1.165) is 0 Å². The molecular weight excluding hydrogens is 226 g/mol. The molecule has 1 unspecified atom stereocenters. The van der Waals surface area contributed by atoms with Crippen LogP contribution in [0.3, 0.4) is 0 Å². The molecular formula is C11H21NO3S. The van der Waals surface area contributed by atoms with Gasteiger partial charge in [-0.15, -0.1) is 0 Å². The number of nitrogens with one attached hydrogen (secondary N) is 1. The minimum absolute atomic E-state index is 0.345. The summed E-state index contributed by atoms with van der Waals surface area (Å²) >= 11 is -2.12. The quantitative estimate of drug-likeness (QED) is 0.579. The molecule has 0 radical (unpaired) electrons. The molecule has 0 spiro atoms. The molecule has 0 aliphatic heterocycles. The predicted molar refractivity (Wildman–Crippen MR) is 67.1 cm³/mol. The Hall–Kier alpha value is -0.650. The van der Waals surface area contributed by atoms with Crippen LogP contribution in [0.15, 0.2) is 24.4 Å². The van der Waals surface area contributed by atoms with Crippen molar-refractivity contribution >= 4 is 11.3 Å². The van der Waals surface area contributed by atoms with Gasteiger partial charge in [0.2, 0.25) is 0 Å². The van der Waals surface area contributed by atoms with Crippen LogP contribution in [0.25, 0.3) is 0 Å². The first-order valence-corrected chi connectivity index (χ1v) is 6.10. The van der Waals surface area contributed by atoms with Gasteiger partial charge >= 0.3 is 0 Å².